The van der Waals surface area contributed by atoms with Crippen molar-refractivity contribution in [3.63, 3.8) is 0 Å². The second-order valence-electron chi connectivity index (χ2n) is 5.43. The Morgan fingerprint density at radius 1 is 1.41 bits per heavy atom. The predicted octanol–water partition coefficient (Wildman–Crippen LogP) is 2.54. The Morgan fingerprint density at radius 2 is 2.14 bits per heavy atom. The number of rotatable bonds is 6. The van der Waals surface area contributed by atoms with Gasteiger partial charge in [-0.2, -0.15) is 0 Å². The minimum absolute atomic E-state index is 0.108. The molecule has 1 amide bonds. The Hall–Kier alpha value is -1.86. The van der Waals surface area contributed by atoms with Gasteiger partial charge in [0.05, 0.1) is 18.6 Å². The maximum Gasteiger partial charge on any atom is 0.305 e. The van der Waals surface area contributed by atoms with E-state index in [-0.39, 0.29) is 18.9 Å². The van der Waals surface area contributed by atoms with Crippen molar-refractivity contribution in [1.29, 1.82) is 0 Å². The highest BCUT2D eigenvalue weighted by atomic mass is 79.9. The molecule has 22 heavy (non-hydrogen) atoms. The molecule has 7 heteroatoms. The van der Waals surface area contributed by atoms with Crippen molar-refractivity contribution in [3.8, 4) is 0 Å². The first-order valence-corrected chi connectivity index (χ1v) is 7.44. The van der Waals surface area contributed by atoms with E-state index >= 15 is 0 Å². The Bertz CT molecular complexity index is 713. The van der Waals surface area contributed by atoms with E-state index in [1.54, 1.807) is 13.0 Å². The fraction of sp³-hybridized carbons (Fsp3) is 0.333. The highest BCUT2D eigenvalue weighted by molar-refractivity contribution is 9.10. The van der Waals surface area contributed by atoms with E-state index < -0.39 is 11.5 Å². The molecule has 1 aromatic carbocycles. The third-order valence-corrected chi connectivity index (χ3v) is 3.74. The number of carbonyl (C=O) groups is 2. The van der Waals surface area contributed by atoms with Crippen LogP contribution in [0.15, 0.2) is 28.7 Å². The van der Waals surface area contributed by atoms with Gasteiger partial charge in [-0.1, -0.05) is 15.9 Å². The van der Waals surface area contributed by atoms with Crippen molar-refractivity contribution in [2.75, 3.05) is 13.7 Å². The number of carboxylic acid groups (broad SMARTS) is 1. The van der Waals surface area contributed by atoms with Crippen LogP contribution in [-0.2, 0) is 9.53 Å². The lowest BCUT2D eigenvalue weighted by molar-refractivity contribution is -0.139. The molecule has 0 aliphatic rings. The molecule has 0 aliphatic heterocycles. The van der Waals surface area contributed by atoms with Crippen LogP contribution < -0.4 is 5.32 Å². The number of nitrogens with one attached hydrogen (secondary N) is 2. The Labute approximate surface area is 136 Å². The van der Waals surface area contributed by atoms with E-state index in [4.69, 9.17) is 9.84 Å². The summed E-state index contributed by atoms with van der Waals surface area (Å²) in [7, 11) is 1.47. The van der Waals surface area contributed by atoms with Crippen molar-refractivity contribution in [2.24, 2.45) is 0 Å². The minimum Gasteiger partial charge on any atom is -0.481 e. The molecule has 1 heterocycles. The fourth-order valence-corrected chi connectivity index (χ4v) is 2.73. The van der Waals surface area contributed by atoms with Crippen LogP contribution in [0.25, 0.3) is 10.9 Å². The molecule has 0 radical (unpaired) electrons. The smallest absolute Gasteiger partial charge is 0.305 e. The number of ether oxygens (including phenoxy) is 1. The third kappa shape index (κ3) is 3.86. The monoisotopic (exact) mass is 368 g/mol. The molecule has 3 N–H and O–H groups in total. The lowest BCUT2D eigenvalue weighted by atomic mass is 9.98. The largest absolute Gasteiger partial charge is 0.481 e. The Balaban J connectivity index is 2.22. The maximum absolute atomic E-state index is 12.4. The van der Waals surface area contributed by atoms with Crippen LogP contribution in [0.4, 0.5) is 0 Å². The summed E-state index contributed by atoms with van der Waals surface area (Å²) in [6, 6.07) is 7.36. The lowest BCUT2D eigenvalue weighted by Crippen LogP contribution is -2.50. The quantitative estimate of drug-likeness (QED) is 0.730. The molecular formula is C15H17BrN2O4. The Morgan fingerprint density at radius 3 is 2.77 bits per heavy atom. The molecule has 0 saturated heterocycles. The maximum atomic E-state index is 12.4. The van der Waals surface area contributed by atoms with E-state index in [0.717, 1.165) is 15.4 Å². The molecule has 0 bridgehead atoms. The van der Waals surface area contributed by atoms with Gasteiger partial charge in [0.15, 0.2) is 0 Å². The number of hydrogen-bond acceptors (Lipinski definition) is 3. The summed E-state index contributed by atoms with van der Waals surface area (Å²) >= 11 is 3.38. The first-order valence-electron chi connectivity index (χ1n) is 6.64. The topological polar surface area (TPSA) is 91.4 Å². The second kappa shape index (κ2) is 6.50. The van der Waals surface area contributed by atoms with Crippen LogP contribution in [0, 0.1) is 0 Å². The van der Waals surface area contributed by atoms with Gasteiger partial charge in [-0.3, -0.25) is 9.59 Å². The van der Waals surface area contributed by atoms with Gasteiger partial charge in [-0.15, -0.1) is 0 Å². The highest BCUT2D eigenvalue weighted by Gasteiger charge is 2.30. The molecule has 2 rings (SSSR count). The molecule has 0 fully saturated rings. The molecular weight excluding hydrogens is 352 g/mol. The summed E-state index contributed by atoms with van der Waals surface area (Å²) in [6.45, 7) is 1.75. The third-order valence-electron chi connectivity index (χ3n) is 3.25. The van der Waals surface area contributed by atoms with E-state index in [1.165, 1.54) is 7.11 Å². The number of halogens is 1. The number of aromatic amines is 1. The van der Waals surface area contributed by atoms with E-state index in [2.05, 4.69) is 26.2 Å². The summed E-state index contributed by atoms with van der Waals surface area (Å²) in [5, 5.41) is 12.6. The number of fused-ring (bicyclic) bond motifs is 1. The molecule has 6 nitrogen and oxygen atoms in total. The molecule has 0 saturated carbocycles. The first-order chi connectivity index (χ1) is 10.3. The van der Waals surface area contributed by atoms with Crippen LogP contribution in [-0.4, -0.2) is 41.2 Å². The molecule has 0 spiro atoms. The van der Waals surface area contributed by atoms with Crippen LogP contribution >= 0.6 is 15.9 Å². The van der Waals surface area contributed by atoms with Crippen LogP contribution in [0.2, 0.25) is 0 Å². The summed E-state index contributed by atoms with van der Waals surface area (Å²) in [6.07, 6.45) is -0.224. The van der Waals surface area contributed by atoms with E-state index in [0.29, 0.717) is 5.69 Å². The van der Waals surface area contributed by atoms with Crippen molar-refractivity contribution in [3.05, 3.63) is 34.4 Å². The standard InChI is InChI=1S/C15H17BrN2O4/c1-15(8-22-2,7-13(19)20)18-14(21)12-6-9-5-10(16)3-4-11(9)17-12/h3-6,17H,7-8H2,1-2H3,(H,18,21)(H,19,20). The van der Waals surface area contributed by atoms with E-state index in [9.17, 15) is 9.59 Å². The first kappa shape index (κ1) is 16.5. The van der Waals surface area contributed by atoms with Gasteiger partial charge in [0.1, 0.15) is 5.69 Å². The number of aromatic nitrogens is 1. The zero-order valence-corrected chi connectivity index (χ0v) is 13.9. The predicted molar refractivity (Wildman–Crippen MR) is 86.0 cm³/mol. The normalized spacial score (nSPS) is 13.8. The molecule has 1 aromatic heterocycles. The zero-order chi connectivity index (χ0) is 16.3. The summed E-state index contributed by atoms with van der Waals surface area (Å²) in [5.41, 5.74) is 0.232. The molecule has 1 atom stereocenters. The number of amides is 1. The number of hydrogen-bond donors (Lipinski definition) is 3. The Kier molecular flexibility index (Phi) is 4.87. The molecule has 1 unspecified atom stereocenters. The number of benzene rings is 1. The van der Waals surface area contributed by atoms with Crippen molar-refractivity contribution >= 4 is 38.7 Å². The zero-order valence-electron chi connectivity index (χ0n) is 12.3. The number of H-pyrrole nitrogens is 1. The SMILES string of the molecule is COCC(C)(CC(=O)O)NC(=O)c1cc2cc(Br)ccc2[nH]1. The van der Waals surface area contributed by atoms with Crippen LogP contribution in [0.3, 0.4) is 0 Å². The second-order valence-corrected chi connectivity index (χ2v) is 6.35. The molecule has 118 valence electrons. The average molecular weight is 369 g/mol. The van der Waals surface area contributed by atoms with E-state index in [1.807, 2.05) is 18.2 Å². The summed E-state index contributed by atoms with van der Waals surface area (Å²) in [4.78, 5) is 26.4. The van der Waals surface area contributed by atoms with Gasteiger partial charge in [0, 0.05) is 22.5 Å². The fourth-order valence-electron chi connectivity index (χ4n) is 2.35. The van der Waals surface area contributed by atoms with Gasteiger partial charge in [-0.25, -0.2) is 0 Å². The van der Waals surface area contributed by atoms with Crippen LogP contribution in [0.5, 0.6) is 0 Å². The number of carbonyl (C=O) groups excluding carboxylic acids is 1. The number of aliphatic carboxylic acids is 1. The van der Waals surface area contributed by atoms with Gasteiger partial charge < -0.3 is 20.1 Å². The average Bonchev–Trinajstić information content (AvgIpc) is 2.80. The van der Waals surface area contributed by atoms with Crippen molar-refractivity contribution < 1.29 is 19.4 Å². The van der Waals surface area contributed by atoms with Gasteiger partial charge in [0.2, 0.25) is 0 Å². The number of methoxy groups -OCH3 is 1. The van der Waals surface area contributed by atoms with Gasteiger partial charge >= 0.3 is 5.97 Å². The molecule has 2 aromatic rings. The van der Waals surface area contributed by atoms with Crippen molar-refractivity contribution in [1.82, 2.24) is 10.3 Å². The lowest BCUT2D eigenvalue weighted by Gasteiger charge is -2.28. The van der Waals surface area contributed by atoms with Crippen LogP contribution in [0.1, 0.15) is 23.8 Å². The highest BCUT2D eigenvalue weighted by Crippen LogP contribution is 2.21. The minimum atomic E-state index is -1.000. The van der Waals surface area contributed by atoms with Crippen molar-refractivity contribution in [2.45, 2.75) is 18.9 Å². The summed E-state index contributed by atoms with van der Waals surface area (Å²) in [5.74, 6) is -1.37. The van der Waals surface area contributed by atoms with Gasteiger partial charge in [-0.05, 0) is 31.2 Å². The number of carboxylic acids is 1. The summed E-state index contributed by atoms with van der Waals surface area (Å²) < 4.78 is 5.94. The van der Waals surface area contributed by atoms with Gasteiger partial charge in [0.25, 0.3) is 5.91 Å². The molecule has 0 aliphatic carbocycles.